The van der Waals surface area contributed by atoms with E-state index in [9.17, 15) is 14.4 Å². The molecular formula is C27H25N3O5. The molecule has 35 heavy (non-hydrogen) atoms. The van der Waals surface area contributed by atoms with Gasteiger partial charge >= 0.3 is 0 Å². The highest BCUT2D eigenvalue weighted by Gasteiger charge is 2.37. The normalized spacial score (nSPS) is 14.7. The largest absolute Gasteiger partial charge is 0.497 e. The lowest BCUT2D eigenvalue weighted by Crippen LogP contribution is -2.52. The number of hydrogen-bond donors (Lipinski definition) is 2. The number of para-hydroxylation sites is 2. The Morgan fingerprint density at radius 2 is 1.57 bits per heavy atom. The molecule has 0 radical (unpaired) electrons. The van der Waals surface area contributed by atoms with Crippen LogP contribution < -0.4 is 25.0 Å². The van der Waals surface area contributed by atoms with E-state index in [1.807, 2.05) is 12.1 Å². The van der Waals surface area contributed by atoms with Crippen molar-refractivity contribution in [3.63, 3.8) is 0 Å². The molecule has 1 aliphatic heterocycles. The summed E-state index contributed by atoms with van der Waals surface area (Å²) < 4.78 is 10.3. The number of carbonyl (C=O) groups excluding carboxylic acids is 3. The van der Waals surface area contributed by atoms with Crippen LogP contribution in [-0.2, 0) is 14.4 Å². The third-order valence-electron chi connectivity index (χ3n) is 5.56. The Balaban J connectivity index is 1.56. The third kappa shape index (κ3) is 5.50. The van der Waals surface area contributed by atoms with Crippen molar-refractivity contribution in [3.8, 4) is 11.5 Å². The first-order valence-corrected chi connectivity index (χ1v) is 11.0. The molecule has 0 spiro atoms. The van der Waals surface area contributed by atoms with E-state index in [0.29, 0.717) is 28.6 Å². The number of methoxy groups -OCH3 is 2. The van der Waals surface area contributed by atoms with E-state index >= 15 is 0 Å². The van der Waals surface area contributed by atoms with E-state index in [1.54, 1.807) is 81.0 Å². The molecule has 1 heterocycles. The van der Waals surface area contributed by atoms with Gasteiger partial charge < -0.3 is 20.1 Å². The standard InChI is InChI=1S/C27H25N3O5/c1-34-20-12-7-18(8-13-20)9-16-26(32)30-23-6-4-3-5-22(23)29-27(33)24(30)17-25(31)28-19-10-14-21(35-2)15-11-19/h3-16,24H,17H2,1-2H3,(H,28,31)(H,29,33)/b16-9+/t24-/m1/s1. The molecule has 2 N–H and O–H groups in total. The lowest BCUT2D eigenvalue weighted by molar-refractivity contribution is -0.124. The molecule has 1 atom stereocenters. The molecule has 178 valence electrons. The van der Waals surface area contributed by atoms with Crippen molar-refractivity contribution in [2.75, 3.05) is 29.8 Å². The van der Waals surface area contributed by atoms with Crippen LogP contribution in [0.15, 0.2) is 78.9 Å². The fourth-order valence-electron chi connectivity index (χ4n) is 3.77. The number of hydrogen-bond acceptors (Lipinski definition) is 5. The Bertz CT molecular complexity index is 1250. The first-order valence-electron chi connectivity index (χ1n) is 11.0. The van der Waals surface area contributed by atoms with Crippen LogP contribution in [0.5, 0.6) is 11.5 Å². The van der Waals surface area contributed by atoms with Crippen LogP contribution in [-0.4, -0.2) is 38.0 Å². The minimum atomic E-state index is -1.02. The average Bonchev–Trinajstić information content (AvgIpc) is 2.88. The number of ether oxygens (including phenoxy) is 2. The van der Waals surface area contributed by atoms with Gasteiger partial charge in [-0.2, -0.15) is 0 Å². The molecule has 1 aliphatic rings. The maximum Gasteiger partial charge on any atom is 0.251 e. The van der Waals surface area contributed by atoms with Crippen molar-refractivity contribution in [2.45, 2.75) is 12.5 Å². The number of amides is 3. The molecule has 0 saturated heterocycles. The van der Waals surface area contributed by atoms with Crippen molar-refractivity contribution in [1.29, 1.82) is 0 Å². The summed E-state index contributed by atoms with van der Waals surface area (Å²) in [7, 11) is 3.14. The van der Waals surface area contributed by atoms with E-state index in [-0.39, 0.29) is 6.42 Å². The predicted octanol–water partition coefficient (Wildman–Crippen LogP) is 4.10. The van der Waals surface area contributed by atoms with Crippen LogP contribution in [0.2, 0.25) is 0 Å². The highest BCUT2D eigenvalue weighted by Crippen LogP contribution is 2.33. The van der Waals surface area contributed by atoms with Crippen LogP contribution >= 0.6 is 0 Å². The zero-order valence-corrected chi connectivity index (χ0v) is 19.4. The van der Waals surface area contributed by atoms with Gasteiger partial charge in [-0.3, -0.25) is 19.3 Å². The minimum Gasteiger partial charge on any atom is -0.497 e. The van der Waals surface area contributed by atoms with Gasteiger partial charge in [0.05, 0.1) is 32.0 Å². The molecule has 8 nitrogen and oxygen atoms in total. The van der Waals surface area contributed by atoms with Crippen molar-refractivity contribution < 1.29 is 23.9 Å². The molecule has 0 aromatic heterocycles. The molecule has 0 fully saturated rings. The second-order valence-electron chi connectivity index (χ2n) is 7.82. The summed E-state index contributed by atoms with van der Waals surface area (Å²) in [6.45, 7) is 0. The number of anilines is 3. The zero-order chi connectivity index (χ0) is 24.8. The van der Waals surface area contributed by atoms with E-state index in [4.69, 9.17) is 9.47 Å². The SMILES string of the molecule is COc1ccc(/C=C/C(=O)N2c3ccccc3NC(=O)[C@H]2CC(=O)Nc2ccc(OC)cc2)cc1. The van der Waals surface area contributed by atoms with Gasteiger partial charge in [-0.05, 0) is 60.2 Å². The van der Waals surface area contributed by atoms with Crippen LogP contribution in [0, 0.1) is 0 Å². The smallest absolute Gasteiger partial charge is 0.251 e. The van der Waals surface area contributed by atoms with Gasteiger partial charge in [-0.25, -0.2) is 0 Å². The first-order chi connectivity index (χ1) is 17.0. The third-order valence-corrected chi connectivity index (χ3v) is 5.56. The van der Waals surface area contributed by atoms with Gasteiger partial charge in [0.15, 0.2) is 0 Å². The number of nitrogens with one attached hydrogen (secondary N) is 2. The van der Waals surface area contributed by atoms with E-state index in [2.05, 4.69) is 10.6 Å². The lowest BCUT2D eigenvalue weighted by atomic mass is 10.0. The first kappa shape index (κ1) is 23.6. The Kier molecular flexibility index (Phi) is 7.11. The average molecular weight is 472 g/mol. The molecule has 0 aliphatic carbocycles. The van der Waals surface area contributed by atoms with E-state index < -0.39 is 23.8 Å². The molecular weight excluding hydrogens is 446 g/mol. The molecule has 0 saturated carbocycles. The molecule has 3 aromatic rings. The second-order valence-corrected chi connectivity index (χ2v) is 7.82. The van der Waals surface area contributed by atoms with Gasteiger partial charge in [0.1, 0.15) is 17.5 Å². The Morgan fingerprint density at radius 1 is 0.943 bits per heavy atom. The molecule has 8 heteroatoms. The van der Waals surface area contributed by atoms with Gasteiger partial charge in [-0.1, -0.05) is 24.3 Å². The topological polar surface area (TPSA) is 97.0 Å². The summed E-state index contributed by atoms with van der Waals surface area (Å²) in [5.74, 6) is 0.126. The minimum absolute atomic E-state index is 0.214. The van der Waals surface area contributed by atoms with Crippen molar-refractivity contribution in [1.82, 2.24) is 0 Å². The summed E-state index contributed by atoms with van der Waals surface area (Å²) in [4.78, 5) is 40.4. The fourth-order valence-corrected chi connectivity index (χ4v) is 3.77. The summed E-state index contributed by atoms with van der Waals surface area (Å²) in [5, 5.41) is 5.57. The number of carbonyl (C=O) groups is 3. The quantitative estimate of drug-likeness (QED) is 0.506. The highest BCUT2D eigenvalue weighted by atomic mass is 16.5. The lowest BCUT2D eigenvalue weighted by Gasteiger charge is -2.35. The summed E-state index contributed by atoms with van der Waals surface area (Å²) in [6, 6.07) is 20.1. The van der Waals surface area contributed by atoms with Crippen molar-refractivity contribution >= 4 is 40.9 Å². The molecule has 3 amide bonds. The predicted molar refractivity (Wildman–Crippen MR) is 135 cm³/mol. The Hall–Kier alpha value is -4.59. The maximum atomic E-state index is 13.3. The summed E-state index contributed by atoms with van der Waals surface area (Å²) in [5.41, 5.74) is 2.39. The van der Waals surface area contributed by atoms with Gasteiger partial charge in [0.25, 0.3) is 5.91 Å². The molecule has 0 bridgehead atoms. The number of nitrogens with zero attached hydrogens (tertiary/aromatic N) is 1. The summed E-state index contributed by atoms with van der Waals surface area (Å²) >= 11 is 0. The van der Waals surface area contributed by atoms with Gasteiger partial charge in [-0.15, -0.1) is 0 Å². The number of benzene rings is 3. The van der Waals surface area contributed by atoms with Crippen LogP contribution in [0.3, 0.4) is 0 Å². The zero-order valence-electron chi connectivity index (χ0n) is 19.4. The van der Waals surface area contributed by atoms with Crippen molar-refractivity contribution in [3.05, 3.63) is 84.4 Å². The summed E-state index contributed by atoms with van der Waals surface area (Å²) in [6.07, 6.45) is 2.84. The fraction of sp³-hybridized carbons (Fsp3) is 0.148. The van der Waals surface area contributed by atoms with Crippen molar-refractivity contribution in [2.24, 2.45) is 0 Å². The second kappa shape index (κ2) is 10.6. The van der Waals surface area contributed by atoms with Crippen LogP contribution in [0.4, 0.5) is 17.1 Å². The highest BCUT2D eigenvalue weighted by molar-refractivity contribution is 6.16. The molecule has 0 unspecified atom stereocenters. The Morgan fingerprint density at radius 3 is 2.23 bits per heavy atom. The maximum absolute atomic E-state index is 13.3. The van der Waals surface area contributed by atoms with Gasteiger partial charge in [0, 0.05) is 11.8 Å². The number of fused-ring (bicyclic) bond motifs is 1. The van der Waals surface area contributed by atoms with E-state index in [0.717, 1.165) is 5.56 Å². The monoisotopic (exact) mass is 471 g/mol. The number of rotatable bonds is 7. The van der Waals surface area contributed by atoms with Crippen LogP contribution in [0.1, 0.15) is 12.0 Å². The Labute approximate surface area is 203 Å². The van der Waals surface area contributed by atoms with E-state index in [1.165, 1.54) is 11.0 Å². The van der Waals surface area contributed by atoms with Gasteiger partial charge in [0.2, 0.25) is 11.8 Å². The molecule has 4 rings (SSSR count). The van der Waals surface area contributed by atoms with Crippen LogP contribution in [0.25, 0.3) is 6.08 Å². The molecule has 3 aromatic carbocycles.